The molecule has 1 saturated heterocycles. The first-order chi connectivity index (χ1) is 16.2. The Labute approximate surface area is 201 Å². The quantitative estimate of drug-likeness (QED) is 0.541. The van der Waals surface area contributed by atoms with Gasteiger partial charge in [0.25, 0.3) is 5.91 Å². The molecule has 1 aliphatic heterocycles. The Bertz CT molecular complexity index is 1060. The van der Waals surface area contributed by atoms with E-state index in [1.807, 2.05) is 68.4 Å². The molecule has 1 fully saturated rings. The Morgan fingerprint density at radius 3 is 2.18 bits per heavy atom. The van der Waals surface area contributed by atoms with Crippen LogP contribution < -0.4 is 10.2 Å². The molecule has 1 amide bonds. The number of para-hydroxylation sites is 1. The minimum Gasteiger partial charge on any atom is -0.455 e. The fraction of sp³-hybridized carbons (Fsp3) is 0.440. The molecule has 8 nitrogen and oxygen atoms in total. The zero-order chi connectivity index (χ0) is 24.7. The van der Waals surface area contributed by atoms with Crippen molar-refractivity contribution in [2.24, 2.45) is 5.92 Å². The van der Waals surface area contributed by atoms with Gasteiger partial charge in [0.15, 0.2) is 6.61 Å². The van der Waals surface area contributed by atoms with E-state index < -0.39 is 21.9 Å². The molecule has 2 aromatic carbocycles. The second-order valence-electron chi connectivity index (χ2n) is 8.58. The molecule has 0 aromatic heterocycles. The SMILES string of the molecule is CCS(=O)(=O)N1CCC(C(=O)OCC(=O)N(c2ccc(Nc3ccccc3)cc2)C(C)C)CC1. The van der Waals surface area contributed by atoms with Gasteiger partial charge in [0.05, 0.1) is 11.7 Å². The molecule has 34 heavy (non-hydrogen) atoms. The van der Waals surface area contributed by atoms with E-state index >= 15 is 0 Å². The van der Waals surface area contributed by atoms with Gasteiger partial charge in [-0.1, -0.05) is 18.2 Å². The Morgan fingerprint density at radius 1 is 1.03 bits per heavy atom. The number of rotatable bonds is 9. The van der Waals surface area contributed by atoms with E-state index in [1.54, 1.807) is 11.8 Å². The molecule has 0 unspecified atom stereocenters. The van der Waals surface area contributed by atoms with E-state index in [-0.39, 0.29) is 24.3 Å². The lowest BCUT2D eigenvalue weighted by molar-refractivity contribution is -0.153. The number of carbonyl (C=O) groups is 2. The lowest BCUT2D eigenvalue weighted by Crippen LogP contribution is -2.43. The van der Waals surface area contributed by atoms with Crippen molar-refractivity contribution in [2.45, 2.75) is 39.7 Å². The zero-order valence-electron chi connectivity index (χ0n) is 19.9. The number of nitrogens with one attached hydrogen (secondary N) is 1. The van der Waals surface area contributed by atoms with Gasteiger partial charge >= 0.3 is 5.97 Å². The normalized spacial score (nSPS) is 15.2. The van der Waals surface area contributed by atoms with Crippen LogP contribution in [0.5, 0.6) is 0 Å². The summed E-state index contributed by atoms with van der Waals surface area (Å²) < 4.78 is 30.7. The van der Waals surface area contributed by atoms with Gasteiger partial charge in [-0.2, -0.15) is 0 Å². The summed E-state index contributed by atoms with van der Waals surface area (Å²) in [5.74, 6) is -1.11. The molecule has 0 atom stereocenters. The smallest absolute Gasteiger partial charge is 0.309 e. The van der Waals surface area contributed by atoms with Gasteiger partial charge < -0.3 is 15.0 Å². The molecule has 9 heteroatoms. The van der Waals surface area contributed by atoms with Crippen LogP contribution in [0.15, 0.2) is 54.6 Å². The average molecular weight is 488 g/mol. The van der Waals surface area contributed by atoms with E-state index in [4.69, 9.17) is 4.74 Å². The third-order valence-electron chi connectivity index (χ3n) is 5.88. The first kappa shape index (κ1) is 25.7. The Morgan fingerprint density at radius 2 is 1.62 bits per heavy atom. The second kappa shape index (κ2) is 11.5. The van der Waals surface area contributed by atoms with E-state index in [1.165, 1.54) is 4.31 Å². The second-order valence-corrected chi connectivity index (χ2v) is 10.8. The number of carbonyl (C=O) groups excluding carboxylic acids is 2. The Balaban J connectivity index is 1.55. The molecular formula is C25H33N3O5S. The third-order valence-corrected chi connectivity index (χ3v) is 7.76. The number of hydrogen-bond donors (Lipinski definition) is 1. The van der Waals surface area contributed by atoms with Crippen molar-refractivity contribution in [1.82, 2.24) is 4.31 Å². The van der Waals surface area contributed by atoms with Gasteiger partial charge in [-0.15, -0.1) is 0 Å². The molecular weight excluding hydrogens is 454 g/mol. The molecule has 2 aromatic rings. The first-order valence-electron chi connectivity index (χ1n) is 11.6. The molecule has 0 saturated carbocycles. The number of benzene rings is 2. The number of nitrogens with zero attached hydrogens (tertiary/aromatic N) is 2. The number of anilines is 3. The van der Waals surface area contributed by atoms with E-state index in [9.17, 15) is 18.0 Å². The average Bonchev–Trinajstić information content (AvgIpc) is 2.84. The number of hydrogen-bond acceptors (Lipinski definition) is 6. The minimum absolute atomic E-state index is 0.0466. The van der Waals surface area contributed by atoms with Gasteiger partial charge in [-0.05, 0) is 70.0 Å². The summed E-state index contributed by atoms with van der Waals surface area (Å²) in [4.78, 5) is 27.0. The molecule has 184 valence electrons. The van der Waals surface area contributed by atoms with Crippen LogP contribution in [0.4, 0.5) is 17.1 Å². The van der Waals surface area contributed by atoms with Crippen molar-refractivity contribution in [2.75, 3.05) is 35.7 Å². The molecule has 0 aliphatic carbocycles. The monoisotopic (exact) mass is 487 g/mol. The number of esters is 1. The van der Waals surface area contributed by atoms with Gasteiger partial charge in [0.1, 0.15) is 0 Å². The predicted molar refractivity (Wildman–Crippen MR) is 134 cm³/mol. The molecule has 0 spiro atoms. The van der Waals surface area contributed by atoms with Gasteiger partial charge in [-0.3, -0.25) is 9.59 Å². The van der Waals surface area contributed by atoms with Crippen molar-refractivity contribution in [3.8, 4) is 0 Å². The summed E-state index contributed by atoms with van der Waals surface area (Å²) in [5.41, 5.74) is 2.58. The van der Waals surface area contributed by atoms with Crippen LogP contribution in [-0.2, 0) is 24.3 Å². The van der Waals surface area contributed by atoms with Gasteiger partial charge in [0.2, 0.25) is 10.0 Å². The molecule has 1 N–H and O–H groups in total. The van der Waals surface area contributed by atoms with Crippen molar-refractivity contribution >= 4 is 39.0 Å². The number of ether oxygens (including phenoxy) is 1. The summed E-state index contributed by atoms with van der Waals surface area (Å²) >= 11 is 0. The summed E-state index contributed by atoms with van der Waals surface area (Å²) in [5, 5.41) is 3.31. The fourth-order valence-electron chi connectivity index (χ4n) is 4.00. The summed E-state index contributed by atoms with van der Waals surface area (Å²) in [6.45, 7) is 5.65. The lowest BCUT2D eigenvalue weighted by Gasteiger charge is -2.30. The molecule has 0 radical (unpaired) electrons. The van der Waals surface area contributed by atoms with Crippen molar-refractivity contribution in [3.05, 3.63) is 54.6 Å². The Kier molecular flexibility index (Phi) is 8.68. The van der Waals surface area contributed by atoms with Gasteiger partial charge in [0, 0.05) is 36.2 Å². The van der Waals surface area contributed by atoms with Crippen LogP contribution in [-0.4, -0.2) is 56.1 Å². The van der Waals surface area contributed by atoms with Crippen molar-refractivity contribution in [3.63, 3.8) is 0 Å². The number of amides is 1. The first-order valence-corrected chi connectivity index (χ1v) is 13.2. The van der Waals surface area contributed by atoms with Crippen molar-refractivity contribution < 1.29 is 22.7 Å². The van der Waals surface area contributed by atoms with Crippen LogP contribution in [0.1, 0.15) is 33.6 Å². The fourth-order valence-corrected chi connectivity index (χ4v) is 5.13. The standard InChI is InChI=1S/C25H33N3O5S/c1-4-34(31,32)27-16-14-20(15-17-27)25(30)33-18-24(29)28(19(2)3)23-12-10-22(11-13-23)26-21-8-6-5-7-9-21/h5-13,19-20,26H,4,14-18H2,1-3H3. The predicted octanol–water partition coefficient (Wildman–Crippen LogP) is 3.78. The van der Waals surface area contributed by atoms with E-state index in [2.05, 4.69) is 5.32 Å². The number of sulfonamides is 1. The molecule has 3 rings (SSSR count). The number of piperidine rings is 1. The molecule has 0 bridgehead atoms. The topological polar surface area (TPSA) is 96.0 Å². The Hall–Kier alpha value is -2.91. The minimum atomic E-state index is -3.25. The maximum absolute atomic E-state index is 12.9. The van der Waals surface area contributed by atoms with E-state index in [0.29, 0.717) is 31.6 Å². The summed E-state index contributed by atoms with van der Waals surface area (Å²) in [6.07, 6.45) is 0.798. The summed E-state index contributed by atoms with van der Waals surface area (Å²) in [7, 11) is -3.25. The third kappa shape index (κ3) is 6.57. The van der Waals surface area contributed by atoms with Crippen LogP contribution in [0.3, 0.4) is 0 Å². The molecule has 1 aliphatic rings. The lowest BCUT2D eigenvalue weighted by atomic mass is 9.98. The summed E-state index contributed by atoms with van der Waals surface area (Å²) in [6, 6.07) is 17.2. The highest BCUT2D eigenvalue weighted by Gasteiger charge is 2.31. The maximum atomic E-state index is 12.9. The largest absolute Gasteiger partial charge is 0.455 e. The molecule has 1 heterocycles. The zero-order valence-corrected chi connectivity index (χ0v) is 20.8. The van der Waals surface area contributed by atoms with Crippen LogP contribution in [0.25, 0.3) is 0 Å². The van der Waals surface area contributed by atoms with Crippen LogP contribution in [0.2, 0.25) is 0 Å². The maximum Gasteiger partial charge on any atom is 0.309 e. The highest BCUT2D eigenvalue weighted by molar-refractivity contribution is 7.89. The van der Waals surface area contributed by atoms with Crippen LogP contribution in [0, 0.1) is 5.92 Å². The van der Waals surface area contributed by atoms with Crippen LogP contribution >= 0.6 is 0 Å². The highest BCUT2D eigenvalue weighted by atomic mass is 32.2. The van der Waals surface area contributed by atoms with Crippen molar-refractivity contribution in [1.29, 1.82) is 0 Å². The van der Waals surface area contributed by atoms with E-state index in [0.717, 1.165) is 11.4 Å². The highest BCUT2D eigenvalue weighted by Crippen LogP contribution is 2.24. The van der Waals surface area contributed by atoms with Gasteiger partial charge in [-0.25, -0.2) is 12.7 Å².